The minimum absolute atomic E-state index is 0.541. The molecule has 92 valence electrons. The summed E-state index contributed by atoms with van der Waals surface area (Å²) in [6.07, 6.45) is -3.64. The molecule has 1 aliphatic carbocycles. The molecular weight excluding hydrogens is 261 g/mol. The summed E-state index contributed by atoms with van der Waals surface area (Å²) in [6, 6.07) is 9.24. The number of hydrogen-bond donors (Lipinski definition) is 0. The van der Waals surface area contributed by atoms with Gasteiger partial charge in [-0.05, 0) is 52.9 Å². The third-order valence-electron chi connectivity index (χ3n) is 3.18. The summed E-state index contributed by atoms with van der Waals surface area (Å²) in [7, 11) is 0. The zero-order valence-electron chi connectivity index (χ0n) is 9.18. The van der Waals surface area contributed by atoms with Crippen LogP contribution in [0.2, 0.25) is 5.02 Å². The third-order valence-corrected chi connectivity index (χ3v) is 3.42. The second kappa shape index (κ2) is 3.75. The van der Waals surface area contributed by atoms with Crippen molar-refractivity contribution in [2.24, 2.45) is 0 Å². The van der Waals surface area contributed by atoms with Crippen LogP contribution in [0, 0.1) is 0 Å². The Kier molecular flexibility index (Phi) is 2.42. The van der Waals surface area contributed by atoms with E-state index in [1.807, 2.05) is 6.07 Å². The summed E-state index contributed by atoms with van der Waals surface area (Å²) in [5.74, 6) is 0. The maximum absolute atomic E-state index is 12.7. The maximum Gasteiger partial charge on any atom is 0.416 e. The predicted molar refractivity (Wildman–Crippen MR) is 64.7 cm³/mol. The molecule has 2 aromatic rings. The van der Waals surface area contributed by atoms with Crippen molar-refractivity contribution in [1.29, 1.82) is 0 Å². The Balaban J connectivity index is 2.19. The summed E-state index contributed by atoms with van der Waals surface area (Å²) in [5.41, 5.74) is 2.77. The standard InChI is InChI=1S/C14H8ClF3/c15-11-4-2-9-5-8-1-3-10(14(16,17)18)6-12(8)13(9)7-11/h1-4,6-7H,5H2. The predicted octanol–water partition coefficient (Wildman–Crippen LogP) is 4.93. The molecule has 0 bridgehead atoms. The first-order valence-corrected chi connectivity index (χ1v) is 5.82. The van der Waals surface area contributed by atoms with Crippen molar-refractivity contribution in [2.45, 2.75) is 12.6 Å². The van der Waals surface area contributed by atoms with Gasteiger partial charge in [0.2, 0.25) is 0 Å². The van der Waals surface area contributed by atoms with E-state index in [-0.39, 0.29) is 0 Å². The molecule has 18 heavy (non-hydrogen) atoms. The molecule has 0 aliphatic heterocycles. The van der Waals surface area contributed by atoms with E-state index in [2.05, 4.69) is 0 Å². The largest absolute Gasteiger partial charge is 0.416 e. The van der Waals surface area contributed by atoms with Crippen LogP contribution in [-0.2, 0) is 12.6 Å². The van der Waals surface area contributed by atoms with Crippen molar-refractivity contribution in [2.75, 3.05) is 0 Å². The first-order valence-electron chi connectivity index (χ1n) is 5.44. The van der Waals surface area contributed by atoms with E-state index >= 15 is 0 Å². The summed E-state index contributed by atoms with van der Waals surface area (Å²) >= 11 is 5.90. The molecule has 0 aromatic heterocycles. The zero-order chi connectivity index (χ0) is 12.9. The van der Waals surface area contributed by atoms with Gasteiger partial charge in [-0.3, -0.25) is 0 Å². The number of alkyl halides is 3. The van der Waals surface area contributed by atoms with Gasteiger partial charge in [0.05, 0.1) is 5.56 Å². The van der Waals surface area contributed by atoms with E-state index < -0.39 is 11.7 Å². The molecule has 0 nitrogen and oxygen atoms in total. The average Bonchev–Trinajstić information content (AvgIpc) is 2.65. The lowest BCUT2D eigenvalue weighted by molar-refractivity contribution is -0.137. The molecule has 1 aliphatic rings. The van der Waals surface area contributed by atoms with E-state index in [9.17, 15) is 13.2 Å². The molecule has 0 saturated heterocycles. The van der Waals surface area contributed by atoms with Gasteiger partial charge in [0, 0.05) is 5.02 Å². The Morgan fingerprint density at radius 3 is 2.17 bits per heavy atom. The van der Waals surface area contributed by atoms with Crippen LogP contribution >= 0.6 is 11.6 Å². The highest BCUT2D eigenvalue weighted by Crippen LogP contribution is 2.41. The van der Waals surface area contributed by atoms with Crippen LogP contribution in [-0.4, -0.2) is 0 Å². The summed E-state index contributed by atoms with van der Waals surface area (Å²) in [4.78, 5) is 0. The topological polar surface area (TPSA) is 0 Å². The SMILES string of the molecule is FC(F)(F)c1ccc2c(c1)-c1cc(Cl)ccc1C2. The summed E-state index contributed by atoms with van der Waals surface area (Å²) in [5, 5.41) is 0.541. The number of halogens is 4. The van der Waals surface area contributed by atoms with Crippen LogP contribution in [0.25, 0.3) is 11.1 Å². The van der Waals surface area contributed by atoms with Gasteiger partial charge in [0.15, 0.2) is 0 Å². The van der Waals surface area contributed by atoms with Gasteiger partial charge in [-0.1, -0.05) is 23.7 Å². The van der Waals surface area contributed by atoms with Crippen molar-refractivity contribution in [3.63, 3.8) is 0 Å². The van der Waals surface area contributed by atoms with Crippen molar-refractivity contribution < 1.29 is 13.2 Å². The molecule has 3 rings (SSSR count). The fraction of sp³-hybridized carbons (Fsp3) is 0.143. The first kappa shape index (κ1) is 11.6. The van der Waals surface area contributed by atoms with Crippen molar-refractivity contribution in [3.05, 3.63) is 58.1 Å². The molecule has 0 unspecified atom stereocenters. The van der Waals surface area contributed by atoms with E-state index in [0.717, 1.165) is 22.8 Å². The molecule has 0 heterocycles. The summed E-state index contributed by atoms with van der Waals surface area (Å²) in [6.45, 7) is 0. The Bertz CT molecular complexity index is 629. The van der Waals surface area contributed by atoms with Crippen molar-refractivity contribution in [1.82, 2.24) is 0 Å². The minimum Gasteiger partial charge on any atom is -0.166 e. The first-order chi connectivity index (χ1) is 8.45. The Labute approximate surface area is 107 Å². The Morgan fingerprint density at radius 2 is 1.50 bits per heavy atom. The monoisotopic (exact) mass is 268 g/mol. The smallest absolute Gasteiger partial charge is 0.166 e. The van der Waals surface area contributed by atoms with E-state index in [0.29, 0.717) is 17.0 Å². The molecule has 0 fully saturated rings. The van der Waals surface area contributed by atoms with Gasteiger partial charge in [-0.15, -0.1) is 0 Å². The third kappa shape index (κ3) is 1.79. The van der Waals surface area contributed by atoms with Gasteiger partial charge in [0.25, 0.3) is 0 Å². The Hall–Kier alpha value is -1.48. The van der Waals surface area contributed by atoms with Crippen LogP contribution in [0.3, 0.4) is 0 Å². The Morgan fingerprint density at radius 1 is 0.889 bits per heavy atom. The van der Waals surface area contributed by atoms with Gasteiger partial charge in [-0.2, -0.15) is 13.2 Å². The molecule has 0 N–H and O–H groups in total. The van der Waals surface area contributed by atoms with Gasteiger partial charge in [0.1, 0.15) is 0 Å². The highest BCUT2D eigenvalue weighted by atomic mass is 35.5. The highest BCUT2D eigenvalue weighted by molar-refractivity contribution is 6.31. The maximum atomic E-state index is 12.7. The van der Waals surface area contributed by atoms with Crippen LogP contribution in [0.15, 0.2) is 36.4 Å². The fourth-order valence-electron chi connectivity index (χ4n) is 2.32. The molecule has 0 amide bonds. The molecule has 0 spiro atoms. The summed E-state index contributed by atoms with van der Waals surface area (Å²) < 4.78 is 38.1. The van der Waals surface area contributed by atoms with Gasteiger partial charge in [-0.25, -0.2) is 0 Å². The number of rotatable bonds is 0. The molecule has 4 heteroatoms. The molecule has 2 aromatic carbocycles. The highest BCUT2D eigenvalue weighted by Gasteiger charge is 2.32. The van der Waals surface area contributed by atoms with Gasteiger partial charge >= 0.3 is 6.18 Å². The second-order valence-electron chi connectivity index (χ2n) is 4.35. The van der Waals surface area contributed by atoms with E-state index in [1.54, 1.807) is 18.2 Å². The lowest BCUT2D eigenvalue weighted by Crippen LogP contribution is -2.04. The number of hydrogen-bond acceptors (Lipinski definition) is 0. The average molecular weight is 269 g/mol. The molecular formula is C14H8ClF3. The molecule has 0 saturated carbocycles. The van der Waals surface area contributed by atoms with Crippen LogP contribution in [0.1, 0.15) is 16.7 Å². The van der Waals surface area contributed by atoms with E-state index in [1.165, 1.54) is 6.07 Å². The van der Waals surface area contributed by atoms with Crippen LogP contribution in [0.4, 0.5) is 13.2 Å². The van der Waals surface area contributed by atoms with Crippen LogP contribution in [0.5, 0.6) is 0 Å². The van der Waals surface area contributed by atoms with Crippen LogP contribution < -0.4 is 0 Å². The lowest BCUT2D eigenvalue weighted by Gasteiger charge is -2.09. The number of benzene rings is 2. The van der Waals surface area contributed by atoms with Crippen molar-refractivity contribution in [3.8, 4) is 11.1 Å². The zero-order valence-corrected chi connectivity index (χ0v) is 9.94. The van der Waals surface area contributed by atoms with Gasteiger partial charge < -0.3 is 0 Å². The molecule has 0 atom stereocenters. The second-order valence-corrected chi connectivity index (χ2v) is 4.78. The van der Waals surface area contributed by atoms with Crippen molar-refractivity contribution >= 4 is 11.6 Å². The number of fused-ring (bicyclic) bond motifs is 3. The van der Waals surface area contributed by atoms with E-state index in [4.69, 9.17) is 11.6 Å². The fourth-order valence-corrected chi connectivity index (χ4v) is 2.49. The minimum atomic E-state index is -4.31. The molecule has 0 radical (unpaired) electrons. The lowest BCUT2D eigenvalue weighted by atomic mass is 10.0. The normalized spacial score (nSPS) is 13.3. The quantitative estimate of drug-likeness (QED) is 0.542.